The van der Waals surface area contributed by atoms with Gasteiger partial charge in [-0.25, -0.2) is 0 Å². The molecule has 1 atom stereocenters. The van der Waals surface area contributed by atoms with Crippen LogP contribution in [0, 0.1) is 5.92 Å². The highest BCUT2D eigenvalue weighted by Gasteiger charge is 2.27. The Morgan fingerprint density at radius 3 is 2.28 bits per heavy atom. The van der Waals surface area contributed by atoms with Crippen molar-refractivity contribution in [3.05, 3.63) is 35.9 Å². The standard InChI is InChI=1S/C19H29N3O2.ClH/c1-13(2)18(19(24)21-16-10-8-15(20)9-11-16)22-17(23)12-14-6-4-3-5-7-14;/h3-7,13,15-16,18H,8-12,20H2,1-2H3,(H,21,24)(H,22,23);1H. The van der Waals surface area contributed by atoms with Gasteiger partial charge in [0.25, 0.3) is 0 Å². The van der Waals surface area contributed by atoms with Gasteiger partial charge >= 0.3 is 0 Å². The van der Waals surface area contributed by atoms with Crippen LogP contribution in [0.4, 0.5) is 0 Å². The Labute approximate surface area is 156 Å². The molecule has 2 rings (SSSR count). The van der Waals surface area contributed by atoms with E-state index in [-0.39, 0.29) is 48.6 Å². The molecule has 1 aliphatic rings. The van der Waals surface area contributed by atoms with Gasteiger partial charge in [0.1, 0.15) is 6.04 Å². The Hall–Kier alpha value is -1.59. The van der Waals surface area contributed by atoms with Crippen molar-refractivity contribution in [2.75, 3.05) is 0 Å². The number of amides is 2. The van der Waals surface area contributed by atoms with Crippen LogP contribution in [0.1, 0.15) is 45.1 Å². The summed E-state index contributed by atoms with van der Waals surface area (Å²) < 4.78 is 0. The van der Waals surface area contributed by atoms with Crippen molar-refractivity contribution in [3.63, 3.8) is 0 Å². The minimum atomic E-state index is -0.503. The molecular formula is C19H30ClN3O2. The third-order valence-electron chi connectivity index (χ3n) is 4.59. The average molecular weight is 368 g/mol. The second-order valence-electron chi connectivity index (χ2n) is 7.07. The molecule has 1 fully saturated rings. The first kappa shape index (κ1) is 21.5. The Bertz CT molecular complexity index is 543. The van der Waals surface area contributed by atoms with Gasteiger partial charge in [-0.1, -0.05) is 44.2 Å². The Kier molecular flexibility index (Phi) is 8.93. The second kappa shape index (κ2) is 10.4. The number of carbonyl (C=O) groups is 2. The molecule has 1 saturated carbocycles. The quantitative estimate of drug-likeness (QED) is 0.720. The lowest BCUT2D eigenvalue weighted by Crippen LogP contribution is -2.53. The monoisotopic (exact) mass is 367 g/mol. The Morgan fingerprint density at radius 2 is 1.72 bits per heavy atom. The van der Waals surface area contributed by atoms with E-state index in [1.165, 1.54) is 0 Å². The summed E-state index contributed by atoms with van der Waals surface area (Å²) >= 11 is 0. The topological polar surface area (TPSA) is 84.2 Å². The maximum atomic E-state index is 12.6. The zero-order chi connectivity index (χ0) is 17.5. The van der Waals surface area contributed by atoms with E-state index in [0.717, 1.165) is 31.2 Å². The molecule has 1 aromatic carbocycles. The van der Waals surface area contributed by atoms with Crippen LogP contribution in [0.15, 0.2) is 30.3 Å². The average Bonchev–Trinajstić information content (AvgIpc) is 2.55. The molecule has 6 heteroatoms. The van der Waals surface area contributed by atoms with Gasteiger partial charge in [-0.3, -0.25) is 9.59 Å². The Balaban J connectivity index is 0.00000312. The summed E-state index contributed by atoms with van der Waals surface area (Å²) in [5, 5.41) is 5.97. The molecule has 0 saturated heterocycles. The molecule has 0 aromatic heterocycles. The number of hydrogen-bond acceptors (Lipinski definition) is 3. The second-order valence-corrected chi connectivity index (χ2v) is 7.07. The smallest absolute Gasteiger partial charge is 0.243 e. The molecule has 0 heterocycles. The van der Waals surface area contributed by atoms with E-state index in [0.29, 0.717) is 0 Å². The highest BCUT2D eigenvalue weighted by Crippen LogP contribution is 2.17. The van der Waals surface area contributed by atoms with Crippen LogP contribution in [-0.2, 0) is 16.0 Å². The fraction of sp³-hybridized carbons (Fsp3) is 0.579. The third-order valence-corrected chi connectivity index (χ3v) is 4.59. The molecule has 0 bridgehead atoms. The maximum Gasteiger partial charge on any atom is 0.243 e. The number of benzene rings is 1. The summed E-state index contributed by atoms with van der Waals surface area (Å²) in [6.07, 6.45) is 4.00. The predicted octanol–water partition coefficient (Wildman–Crippen LogP) is 2.18. The number of hydrogen-bond donors (Lipinski definition) is 3. The van der Waals surface area contributed by atoms with Crippen LogP contribution in [0.25, 0.3) is 0 Å². The SMILES string of the molecule is CC(C)C(NC(=O)Cc1ccccc1)C(=O)NC1CCC(N)CC1.Cl. The number of carbonyl (C=O) groups excluding carboxylic acids is 2. The van der Waals surface area contributed by atoms with Gasteiger partial charge in [0.2, 0.25) is 11.8 Å². The van der Waals surface area contributed by atoms with Gasteiger partial charge < -0.3 is 16.4 Å². The molecule has 2 amide bonds. The molecule has 4 N–H and O–H groups in total. The fourth-order valence-corrected chi connectivity index (χ4v) is 3.10. The van der Waals surface area contributed by atoms with E-state index in [9.17, 15) is 9.59 Å². The largest absolute Gasteiger partial charge is 0.352 e. The van der Waals surface area contributed by atoms with Crippen molar-refractivity contribution < 1.29 is 9.59 Å². The summed E-state index contributed by atoms with van der Waals surface area (Å²) in [5.74, 6) is -0.178. The third kappa shape index (κ3) is 7.04. The zero-order valence-corrected chi connectivity index (χ0v) is 15.9. The molecule has 1 unspecified atom stereocenters. The number of rotatable bonds is 6. The summed E-state index contributed by atoms with van der Waals surface area (Å²) in [5.41, 5.74) is 6.85. The summed E-state index contributed by atoms with van der Waals surface area (Å²) in [4.78, 5) is 24.8. The van der Waals surface area contributed by atoms with Gasteiger partial charge in [0, 0.05) is 12.1 Å². The molecule has 140 valence electrons. The molecule has 1 aliphatic carbocycles. The fourth-order valence-electron chi connectivity index (χ4n) is 3.10. The normalized spacial score (nSPS) is 21.1. The maximum absolute atomic E-state index is 12.6. The van der Waals surface area contributed by atoms with E-state index in [2.05, 4.69) is 10.6 Å². The number of nitrogens with one attached hydrogen (secondary N) is 2. The molecule has 0 radical (unpaired) electrons. The Morgan fingerprint density at radius 1 is 1.12 bits per heavy atom. The highest BCUT2D eigenvalue weighted by molar-refractivity contribution is 5.88. The van der Waals surface area contributed by atoms with Crippen molar-refractivity contribution >= 4 is 24.2 Å². The molecular weight excluding hydrogens is 338 g/mol. The predicted molar refractivity (Wildman–Crippen MR) is 103 cm³/mol. The lowest BCUT2D eigenvalue weighted by molar-refractivity contribution is -0.130. The van der Waals surface area contributed by atoms with Gasteiger partial charge in [-0.15, -0.1) is 12.4 Å². The van der Waals surface area contributed by atoms with Gasteiger partial charge in [0.15, 0.2) is 0 Å². The minimum Gasteiger partial charge on any atom is -0.352 e. The molecule has 0 aliphatic heterocycles. The van der Waals surface area contributed by atoms with E-state index < -0.39 is 6.04 Å². The molecule has 25 heavy (non-hydrogen) atoms. The molecule has 5 nitrogen and oxygen atoms in total. The first-order valence-electron chi connectivity index (χ1n) is 8.85. The summed E-state index contributed by atoms with van der Waals surface area (Å²) in [6.45, 7) is 3.90. The van der Waals surface area contributed by atoms with Crippen LogP contribution < -0.4 is 16.4 Å². The zero-order valence-electron chi connectivity index (χ0n) is 15.0. The van der Waals surface area contributed by atoms with E-state index in [4.69, 9.17) is 5.73 Å². The van der Waals surface area contributed by atoms with E-state index in [1.807, 2.05) is 44.2 Å². The van der Waals surface area contributed by atoms with Gasteiger partial charge in [-0.05, 0) is 37.2 Å². The van der Waals surface area contributed by atoms with Crippen molar-refractivity contribution in [1.29, 1.82) is 0 Å². The minimum absolute atomic E-state index is 0. The van der Waals surface area contributed by atoms with Crippen LogP contribution in [0.3, 0.4) is 0 Å². The molecule has 1 aromatic rings. The van der Waals surface area contributed by atoms with Crippen LogP contribution >= 0.6 is 12.4 Å². The number of halogens is 1. The lowest BCUT2D eigenvalue weighted by atomic mass is 9.91. The first-order valence-corrected chi connectivity index (χ1v) is 8.85. The van der Waals surface area contributed by atoms with Gasteiger partial charge in [0.05, 0.1) is 6.42 Å². The van der Waals surface area contributed by atoms with E-state index >= 15 is 0 Å². The van der Waals surface area contributed by atoms with Crippen LogP contribution in [0.5, 0.6) is 0 Å². The van der Waals surface area contributed by atoms with Crippen molar-refractivity contribution in [3.8, 4) is 0 Å². The van der Waals surface area contributed by atoms with Crippen LogP contribution in [-0.4, -0.2) is 29.9 Å². The van der Waals surface area contributed by atoms with Gasteiger partial charge in [-0.2, -0.15) is 0 Å². The molecule has 0 spiro atoms. The van der Waals surface area contributed by atoms with Crippen molar-refractivity contribution in [1.82, 2.24) is 10.6 Å². The van der Waals surface area contributed by atoms with Crippen LogP contribution in [0.2, 0.25) is 0 Å². The first-order chi connectivity index (χ1) is 11.5. The summed E-state index contributed by atoms with van der Waals surface area (Å²) in [7, 11) is 0. The summed E-state index contributed by atoms with van der Waals surface area (Å²) in [6, 6.07) is 9.48. The van der Waals surface area contributed by atoms with Crippen molar-refractivity contribution in [2.24, 2.45) is 11.7 Å². The van der Waals surface area contributed by atoms with E-state index in [1.54, 1.807) is 0 Å². The highest BCUT2D eigenvalue weighted by atomic mass is 35.5. The number of nitrogens with two attached hydrogens (primary N) is 1. The lowest BCUT2D eigenvalue weighted by Gasteiger charge is -2.29. The van der Waals surface area contributed by atoms with Crippen molar-refractivity contribution in [2.45, 2.75) is 64.1 Å².